The van der Waals surface area contributed by atoms with Crippen LogP contribution in [-0.4, -0.2) is 70.4 Å². The summed E-state index contributed by atoms with van der Waals surface area (Å²) in [6.07, 6.45) is 2.78. The number of rotatable bonds is 16. The van der Waals surface area contributed by atoms with E-state index in [0.29, 0.717) is 55.3 Å². The largest absolute Gasteiger partial charge is 0.497 e. The van der Waals surface area contributed by atoms with E-state index in [4.69, 9.17) is 14.2 Å². The average Bonchev–Trinajstić information content (AvgIpc) is 3.71. The number of carbonyl (C=O) groups excluding carboxylic acids is 2. The number of benzene rings is 4. The van der Waals surface area contributed by atoms with Gasteiger partial charge in [0.15, 0.2) is 11.5 Å². The van der Waals surface area contributed by atoms with Gasteiger partial charge in [-0.3, -0.25) is 9.59 Å². The van der Waals surface area contributed by atoms with E-state index in [-0.39, 0.29) is 29.7 Å². The minimum Gasteiger partial charge on any atom is -0.497 e. The van der Waals surface area contributed by atoms with E-state index in [9.17, 15) is 18.0 Å². The van der Waals surface area contributed by atoms with Crippen LogP contribution in [-0.2, 0) is 39.0 Å². The van der Waals surface area contributed by atoms with Gasteiger partial charge in [-0.05, 0) is 84.3 Å². The van der Waals surface area contributed by atoms with Crippen molar-refractivity contribution < 1.29 is 32.2 Å². The Morgan fingerprint density at radius 3 is 2.04 bits per heavy atom. The highest BCUT2D eigenvalue weighted by Gasteiger charge is 2.32. The number of nitrogens with zero attached hydrogens (tertiary/aromatic N) is 2. The molecule has 4 aromatic carbocycles. The molecule has 0 bridgehead atoms. The Hall–Kier alpha value is -4.87. The fourth-order valence-electron chi connectivity index (χ4n) is 6.12. The van der Waals surface area contributed by atoms with Crippen molar-refractivity contribution in [2.45, 2.75) is 49.6 Å². The second-order valence-electron chi connectivity index (χ2n) is 12.2. The molecule has 0 spiro atoms. The molecule has 1 atom stereocenters. The predicted octanol–water partition coefficient (Wildman–Crippen LogP) is 5.56. The molecule has 2 amide bonds. The maximum absolute atomic E-state index is 14.2. The molecule has 4 aromatic rings. The van der Waals surface area contributed by atoms with Crippen molar-refractivity contribution in [3.8, 4) is 17.2 Å². The lowest BCUT2D eigenvalue weighted by Gasteiger charge is -2.32. The highest BCUT2D eigenvalue weighted by atomic mass is 32.2. The van der Waals surface area contributed by atoms with E-state index in [1.54, 1.807) is 50.5 Å². The zero-order valence-corrected chi connectivity index (χ0v) is 29.7. The molecule has 1 aliphatic heterocycles. The van der Waals surface area contributed by atoms with Crippen LogP contribution in [0.15, 0.2) is 102 Å². The molecule has 11 heteroatoms. The number of methoxy groups -OCH3 is 3. The van der Waals surface area contributed by atoms with Gasteiger partial charge in [0.1, 0.15) is 11.8 Å². The molecule has 1 unspecified atom stereocenters. The van der Waals surface area contributed by atoms with Gasteiger partial charge in [0.2, 0.25) is 21.8 Å². The second-order valence-corrected chi connectivity index (χ2v) is 14.1. The summed E-state index contributed by atoms with van der Waals surface area (Å²) in [7, 11) is 1.23. The van der Waals surface area contributed by atoms with Gasteiger partial charge in [-0.2, -0.15) is 4.31 Å². The minimum atomic E-state index is -3.53. The maximum Gasteiger partial charge on any atom is 0.247 e. The van der Waals surface area contributed by atoms with Crippen molar-refractivity contribution in [3.63, 3.8) is 0 Å². The Labute approximate surface area is 295 Å². The van der Waals surface area contributed by atoms with Gasteiger partial charge in [-0.15, -0.1) is 0 Å². The maximum atomic E-state index is 14.2. The molecule has 0 radical (unpaired) electrons. The summed E-state index contributed by atoms with van der Waals surface area (Å²) in [6, 6.07) is 28.2. The van der Waals surface area contributed by atoms with Gasteiger partial charge >= 0.3 is 0 Å². The molecule has 5 rings (SSSR count). The summed E-state index contributed by atoms with van der Waals surface area (Å²) < 4.78 is 43.6. The van der Waals surface area contributed by atoms with E-state index in [1.165, 1.54) is 4.31 Å². The highest BCUT2D eigenvalue weighted by molar-refractivity contribution is 7.89. The van der Waals surface area contributed by atoms with Gasteiger partial charge in [-0.1, -0.05) is 60.7 Å². The van der Waals surface area contributed by atoms with Crippen LogP contribution in [0.1, 0.15) is 47.6 Å². The Bertz CT molecular complexity index is 1830. The Morgan fingerprint density at radius 1 is 0.760 bits per heavy atom. The molecule has 1 saturated heterocycles. The molecular formula is C39H45N3O7S. The van der Waals surface area contributed by atoms with Crippen LogP contribution in [0.4, 0.5) is 0 Å². The molecule has 1 fully saturated rings. The number of amides is 2. The zero-order valence-electron chi connectivity index (χ0n) is 28.8. The van der Waals surface area contributed by atoms with E-state index < -0.39 is 16.1 Å². The Balaban J connectivity index is 1.35. The molecular weight excluding hydrogens is 655 g/mol. The van der Waals surface area contributed by atoms with Crippen LogP contribution in [0.2, 0.25) is 0 Å². The van der Waals surface area contributed by atoms with Gasteiger partial charge in [0.25, 0.3) is 0 Å². The quantitative estimate of drug-likeness (QED) is 0.163. The van der Waals surface area contributed by atoms with Crippen LogP contribution >= 0.6 is 0 Å². The van der Waals surface area contributed by atoms with Crippen molar-refractivity contribution >= 4 is 21.8 Å². The first-order valence-electron chi connectivity index (χ1n) is 16.8. The van der Waals surface area contributed by atoms with Crippen LogP contribution in [0.5, 0.6) is 17.2 Å². The summed E-state index contributed by atoms with van der Waals surface area (Å²) in [6.45, 7) is 1.61. The number of carbonyl (C=O) groups is 2. The summed E-state index contributed by atoms with van der Waals surface area (Å²) in [5.41, 5.74) is 3.33. The minimum absolute atomic E-state index is 0.122. The molecule has 1 N–H and O–H groups in total. The van der Waals surface area contributed by atoms with Crippen molar-refractivity contribution in [3.05, 3.63) is 119 Å². The van der Waals surface area contributed by atoms with Crippen LogP contribution < -0.4 is 19.5 Å². The van der Waals surface area contributed by atoms with Crippen LogP contribution in [0.3, 0.4) is 0 Å². The van der Waals surface area contributed by atoms with Crippen LogP contribution in [0.25, 0.3) is 0 Å². The molecule has 0 aromatic heterocycles. The lowest BCUT2D eigenvalue weighted by molar-refractivity contribution is -0.141. The SMILES string of the molecule is COc1ccc(CN(C(=O)CCc2ccc(S(=O)(=O)N3CCCC3)cc2)C(C(=O)NCCc2ccc(OC)c(OC)c2)c2ccccc2)cc1. The van der Waals surface area contributed by atoms with Crippen molar-refractivity contribution in [2.75, 3.05) is 41.0 Å². The summed E-state index contributed by atoms with van der Waals surface area (Å²) in [4.78, 5) is 30.1. The summed E-state index contributed by atoms with van der Waals surface area (Å²) >= 11 is 0. The molecule has 0 aliphatic carbocycles. The third-order valence-corrected chi connectivity index (χ3v) is 10.8. The molecule has 264 valence electrons. The Morgan fingerprint density at radius 2 is 1.40 bits per heavy atom. The smallest absolute Gasteiger partial charge is 0.247 e. The third kappa shape index (κ3) is 9.02. The molecule has 50 heavy (non-hydrogen) atoms. The van der Waals surface area contributed by atoms with Crippen molar-refractivity contribution in [1.82, 2.24) is 14.5 Å². The van der Waals surface area contributed by atoms with Crippen LogP contribution in [0, 0.1) is 0 Å². The number of aryl methyl sites for hydroxylation is 1. The normalized spacial score (nSPS) is 13.7. The lowest BCUT2D eigenvalue weighted by atomic mass is 10.0. The van der Waals surface area contributed by atoms with Gasteiger partial charge in [0.05, 0.1) is 26.2 Å². The highest BCUT2D eigenvalue weighted by Crippen LogP contribution is 2.29. The number of nitrogens with one attached hydrogen (secondary N) is 1. The summed E-state index contributed by atoms with van der Waals surface area (Å²) in [5, 5.41) is 3.07. The van der Waals surface area contributed by atoms with Gasteiger partial charge in [-0.25, -0.2) is 8.42 Å². The third-order valence-electron chi connectivity index (χ3n) is 8.92. The standard InChI is InChI=1S/C39H45N3O7S/c1-47-33-17-11-31(12-18-33)28-42(37(43)22-16-29-13-19-34(20-14-29)50(45,46)41-25-7-8-26-41)38(32-9-5-4-6-10-32)39(44)40-24-23-30-15-21-35(48-2)36(27-30)49-3/h4-6,9-15,17-21,27,38H,7-8,16,22-26,28H2,1-3H3,(H,40,44). The summed E-state index contributed by atoms with van der Waals surface area (Å²) in [5.74, 6) is 1.42. The fraction of sp³-hybridized carbons (Fsp3) is 0.333. The first-order valence-corrected chi connectivity index (χ1v) is 18.2. The van der Waals surface area contributed by atoms with Crippen molar-refractivity contribution in [2.24, 2.45) is 0 Å². The number of ether oxygens (including phenoxy) is 3. The van der Waals surface area contributed by atoms with E-state index in [2.05, 4.69) is 5.32 Å². The molecule has 1 aliphatic rings. The lowest BCUT2D eigenvalue weighted by Crippen LogP contribution is -2.44. The monoisotopic (exact) mass is 699 g/mol. The average molecular weight is 700 g/mol. The van der Waals surface area contributed by atoms with Gasteiger partial charge < -0.3 is 24.4 Å². The topological polar surface area (TPSA) is 114 Å². The predicted molar refractivity (Wildman–Crippen MR) is 192 cm³/mol. The zero-order chi connectivity index (χ0) is 35.5. The molecule has 0 saturated carbocycles. The van der Waals surface area contributed by atoms with E-state index >= 15 is 0 Å². The number of sulfonamides is 1. The fourth-order valence-corrected chi connectivity index (χ4v) is 7.64. The first kappa shape index (κ1) is 36.4. The molecule has 1 heterocycles. The van der Waals surface area contributed by atoms with E-state index in [0.717, 1.165) is 29.5 Å². The van der Waals surface area contributed by atoms with E-state index in [1.807, 2.05) is 72.8 Å². The van der Waals surface area contributed by atoms with Crippen molar-refractivity contribution in [1.29, 1.82) is 0 Å². The van der Waals surface area contributed by atoms with Gasteiger partial charge in [0, 0.05) is 32.6 Å². The number of hydrogen-bond acceptors (Lipinski definition) is 7. The number of hydrogen-bond donors (Lipinski definition) is 1. The molecule has 10 nitrogen and oxygen atoms in total. The second kappa shape index (κ2) is 17.2. The Kier molecular flexibility index (Phi) is 12.5. The first-order chi connectivity index (χ1) is 24.2.